The molecule has 1 saturated heterocycles. The molecule has 2 N–H and O–H groups in total. The van der Waals surface area contributed by atoms with Crippen molar-refractivity contribution < 1.29 is 23.1 Å². The predicted octanol–water partition coefficient (Wildman–Crippen LogP) is 0.571. The van der Waals surface area contributed by atoms with Crippen molar-refractivity contribution in [2.75, 3.05) is 11.5 Å². The number of aliphatic carboxylic acids is 1. The molecule has 19 heavy (non-hydrogen) atoms. The first-order chi connectivity index (χ1) is 8.85. The van der Waals surface area contributed by atoms with Gasteiger partial charge >= 0.3 is 5.97 Å². The van der Waals surface area contributed by atoms with Crippen molar-refractivity contribution in [3.8, 4) is 0 Å². The van der Waals surface area contributed by atoms with Gasteiger partial charge in [0, 0.05) is 5.92 Å². The Morgan fingerprint density at radius 2 is 1.89 bits per heavy atom. The van der Waals surface area contributed by atoms with Crippen molar-refractivity contribution in [2.24, 2.45) is 5.92 Å². The first-order valence-corrected chi connectivity index (χ1v) is 8.41. The minimum absolute atomic E-state index is 0.0117. The molecule has 0 unspecified atom stereocenters. The molecule has 1 aliphatic heterocycles. The van der Waals surface area contributed by atoms with Gasteiger partial charge in [-0.2, -0.15) is 0 Å². The van der Waals surface area contributed by atoms with Gasteiger partial charge in [-0.15, -0.1) is 0 Å². The SMILES string of the molecule is CCCC[C@H](NC(=O)C1CCS(=O)(=O)CC1)C(=O)O. The summed E-state index contributed by atoms with van der Waals surface area (Å²) in [6, 6.07) is -0.869. The van der Waals surface area contributed by atoms with Crippen LogP contribution in [0, 0.1) is 5.92 Å². The Bertz CT molecular complexity index is 417. The lowest BCUT2D eigenvalue weighted by atomic mass is 10.0. The molecule has 110 valence electrons. The molecule has 6 nitrogen and oxygen atoms in total. The van der Waals surface area contributed by atoms with Crippen molar-refractivity contribution in [1.82, 2.24) is 5.32 Å². The highest BCUT2D eigenvalue weighted by molar-refractivity contribution is 7.91. The molecule has 1 aliphatic rings. The molecule has 7 heteroatoms. The highest BCUT2D eigenvalue weighted by Gasteiger charge is 2.30. The molecule has 0 aromatic carbocycles. The Morgan fingerprint density at radius 3 is 2.37 bits per heavy atom. The van der Waals surface area contributed by atoms with Crippen LogP contribution < -0.4 is 5.32 Å². The average molecular weight is 291 g/mol. The zero-order chi connectivity index (χ0) is 14.5. The second-order valence-electron chi connectivity index (χ2n) is 4.97. The molecule has 1 amide bonds. The van der Waals surface area contributed by atoms with Crippen LogP contribution >= 0.6 is 0 Å². The first kappa shape index (κ1) is 15.9. The second-order valence-corrected chi connectivity index (χ2v) is 7.27. The number of carbonyl (C=O) groups excluding carboxylic acids is 1. The highest BCUT2D eigenvalue weighted by Crippen LogP contribution is 2.19. The normalized spacial score (nSPS) is 20.7. The van der Waals surface area contributed by atoms with Crippen molar-refractivity contribution in [2.45, 2.75) is 45.1 Å². The van der Waals surface area contributed by atoms with Gasteiger partial charge < -0.3 is 10.4 Å². The fourth-order valence-corrected chi connectivity index (χ4v) is 3.60. The van der Waals surface area contributed by atoms with E-state index in [1.807, 2.05) is 6.92 Å². The largest absolute Gasteiger partial charge is 0.480 e. The van der Waals surface area contributed by atoms with E-state index < -0.39 is 21.8 Å². The maximum absolute atomic E-state index is 11.9. The smallest absolute Gasteiger partial charge is 0.326 e. The van der Waals surface area contributed by atoms with Crippen LogP contribution in [0.1, 0.15) is 39.0 Å². The van der Waals surface area contributed by atoms with E-state index >= 15 is 0 Å². The monoisotopic (exact) mass is 291 g/mol. The van der Waals surface area contributed by atoms with Gasteiger partial charge in [-0.1, -0.05) is 19.8 Å². The van der Waals surface area contributed by atoms with Crippen LogP contribution in [0.2, 0.25) is 0 Å². The van der Waals surface area contributed by atoms with Gasteiger partial charge in [-0.05, 0) is 19.3 Å². The first-order valence-electron chi connectivity index (χ1n) is 6.59. The molecule has 0 aromatic heterocycles. The molecule has 1 fully saturated rings. The summed E-state index contributed by atoms with van der Waals surface area (Å²) in [7, 11) is -3.00. The van der Waals surface area contributed by atoms with Crippen molar-refractivity contribution >= 4 is 21.7 Å². The van der Waals surface area contributed by atoms with Crippen molar-refractivity contribution in [3.05, 3.63) is 0 Å². The third-order valence-electron chi connectivity index (χ3n) is 3.39. The molecule has 0 spiro atoms. The molecule has 1 atom stereocenters. The van der Waals surface area contributed by atoms with Crippen molar-refractivity contribution in [3.63, 3.8) is 0 Å². The molecule has 0 aromatic rings. The maximum Gasteiger partial charge on any atom is 0.326 e. The van der Waals surface area contributed by atoms with Crippen LogP contribution in [0.3, 0.4) is 0 Å². The van der Waals surface area contributed by atoms with Gasteiger partial charge in [-0.25, -0.2) is 13.2 Å². The van der Waals surface area contributed by atoms with E-state index in [0.717, 1.165) is 12.8 Å². The number of carbonyl (C=O) groups is 2. The number of carboxylic acids is 1. The topological polar surface area (TPSA) is 101 Å². The fraction of sp³-hybridized carbons (Fsp3) is 0.833. The van der Waals surface area contributed by atoms with Gasteiger partial charge in [0.1, 0.15) is 15.9 Å². The number of amides is 1. The number of hydrogen-bond donors (Lipinski definition) is 2. The lowest BCUT2D eigenvalue weighted by Crippen LogP contribution is -2.45. The van der Waals surface area contributed by atoms with E-state index in [1.54, 1.807) is 0 Å². The quantitative estimate of drug-likeness (QED) is 0.745. The number of sulfone groups is 1. The Labute approximate surface area is 113 Å². The third kappa shape index (κ3) is 5.18. The van der Waals surface area contributed by atoms with Gasteiger partial charge in [0.25, 0.3) is 0 Å². The van der Waals surface area contributed by atoms with E-state index in [1.165, 1.54) is 0 Å². The van der Waals surface area contributed by atoms with E-state index in [9.17, 15) is 18.0 Å². The summed E-state index contributed by atoms with van der Waals surface area (Å²) in [5.41, 5.74) is 0. The summed E-state index contributed by atoms with van der Waals surface area (Å²) < 4.78 is 22.5. The summed E-state index contributed by atoms with van der Waals surface area (Å²) >= 11 is 0. The summed E-state index contributed by atoms with van der Waals surface area (Å²) in [5, 5.41) is 11.5. The van der Waals surface area contributed by atoms with E-state index in [-0.39, 0.29) is 36.2 Å². The number of unbranched alkanes of at least 4 members (excludes halogenated alkanes) is 1. The van der Waals surface area contributed by atoms with Crippen LogP contribution in [0.5, 0.6) is 0 Å². The Morgan fingerprint density at radius 1 is 1.32 bits per heavy atom. The number of carboxylic acid groups (broad SMARTS) is 1. The minimum Gasteiger partial charge on any atom is -0.480 e. The fourth-order valence-electron chi connectivity index (χ4n) is 2.11. The molecule has 0 bridgehead atoms. The zero-order valence-electron chi connectivity index (χ0n) is 11.1. The summed E-state index contributed by atoms with van der Waals surface area (Å²) in [5.74, 6) is -1.73. The van der Waals surface area contributed by atoms with Crippen LogP contribution in [0.4, 0.5) is 0 Å². The van der Waals surface area contributed by atoms with Crippen LogP contribution in [-0.2, 0) is 19.4 Å². The predicted molar refractivity (Wildman–Crippen MR) is 70.5 cm³/mol. The number of rotatable bonds is 6. The van der Waals surface area contributed by atoms with Gasteiger partial charge in [0.05, 0.1) is 11.5 Å². The van der Waals surface area contributed by atoms with Gasteiger partial charge in [0.2, 0.25) is 5.91 Å². The molecule has 1 heterocycles. The molecule has 1 rings (SSSR count). The van der Waals surface area contributed by atoms with Gasteiger partial charge in [-0.3, -0.25) is 4.79 Å². The van der Waals surface area contributed by atoms with Crippen LogP contribution in [-0.4, -0.2) is 42.9 Å². The standard InChI is InChI=1S/C12H21NO5S/c1-2-3-4-10(12(15)16)13-11(14)9-5-7-19(17,18)8-6-9/h9-10H,2-8H2,1H3,(H,13,14)(H,15,16)/t10-/m0/s1. The molecular weight excluding hydrogens is 270 g/mol. The maximum atomic E-state index is 11.9. The summed E-state index contributed by atoms with van der Waals surface area (Å²) in [6.07, 6.45) is 2.57. The summed E-state index contributed by atoms with van der Waals surface area (Å²) in [6.45, 7) is 1.95. The lowest BCUT2D eigenvalue weighted by molar-refractivity contribution is -0.142. The Balaban J connectivity index is 2.51. The summed E-state index contributed by atoms with van der Waals surface area (Å²) in [4.78, 5) is 22.9. The molecule has 0 saturated carbocycles. The molecular formula is C12H21NO5S. The molecule has 0 aliphatic carbocycles. The van der Waals surface area contributed by atoms with Crippen LogP contribution in [0.25, 0.3) is 0 Å². The van der Waals surface area contributed by atoms with E-state index in [2.05, 4.69) is 5.32 Å². The Hall–Kier alpha value is -1.11. The average Bonchev–Trinajstić information content (AvgIpc) is 2.33. The van der Waals surface area contributed by atoms with E-state index in [4.69, 9.17) is 5.11 Å². The minimum atomic E-state index is -3.00. The number of nitrogens with one attached hydrogen (secondary N) is 1. The van der Waals surface area contributed by atoms with Crippen LogP contribution in [0.15, 0.2) is 0 Å². The van der Waals surface area contributed by atoms with Gasteiger partial charge in [0.15, 0.2) is 0 Å². The third-order valence-corrected chi connectivity index (χ3v) is 5.10. The second kappa shape index (κ2) is 6.88. The highest BCUT2D eigenvalue weighted by atomic mass is 32.2. The molecule has 0 radical (unpaired) electrons. The zero-order valence-corrected chi connectivity index (χ0v) is 11.9. The van der Waals surface area contributed by atoms with Crippen molar-refractivity contribution in [1.29, 1.82) is 0 Å². The Kier molecular flexibility index (Phi) is 5.78. The lowest BCUT2D eigenvalue weighted by Gasteiger charge is -2.23. The van der Waals surface area contributed by atoms with E-state index in [0.29, 0.717) is 6.42 Å². The number of hydrogen-bond acceptors (Lipinski definition) is 4.